The fourth-order valence-electron chi connectivity index (χ4n) is 1.44. The van der Waals surface area contributed by atoms with E-state index in [1.54, 1.807) is 36.2 Å². The summed E-state index contributed by atoms with van der Waals surface area (Å²) in [5.74, 6) is 0. The van der Waals surface area contributed by atoms with Crippen molar-refractivity contribution in [2.45, 2.75) is 25.8 Å². The van der Waals surface area contributed by atoms with E-state index in [0.29, 0.717) is 12.1 Å². The van der Waals surface area contributed by atoms with Crippen molar-refractivity contribution in [3.63, 3.8) is 0 Å². The molecule has 0 saturated heterocycles. The third-order valence-corrected chi connectivity index (χ3v) is 2.41. The van der Waals surface area contributed by atoms with Crippen LogP contribution in [0.15, 0.2) is 24.3 Å². The monoisotopic (exact) mass is 249 g/mol. The fraction of sp³-hybridized carbons (Fsp3) is 0.500. The highest BCUT2D eigenvalue weighted by atomic mass is 19.4. The van der Waals surface area contributed by atoms with Gasteiger partial charge in [0.25, 0.3) is 0 Å². The molecule has 0 N–H and O–H groups in total. The maximum Gasteiger partial charge on any atom is 0.390 e. The minimum atomic E-state index is -4.12. The second kappa shape index (κ2) is 6.00. The predicted molar refractivity (Wildman–Crippen MR) is 58.3 cm³/mol. The van der Waals surface area contributed by atoms with Crippen molar-refractivity contribution in [1.29, 1.82) is 0 Å². The van der Waals surface area contributed by atoms with Gasteiger partial charge in [-0.05, 0) is 18.2 Å². The zero-order valence-corrected chi connectivity index (χ0v) is 9.60. The molecule has 0 heterocycles. The van der Waals surface area contributed by atoms with Gasteiger partial charge in [0.1, 0.15) is 6.67 Å². The molecule has 5 heteroatoms. The average Bonchev–Trinajstić information content (AvgIpc) is 2.27. The van der Waals surface area contributed by atoms with Crippen molar-refractivity contribution in [3.05, 3.63) is 35.4 Å². The molecule has 17 heavy (non-hydrogen) atoms. The first-order chi connectivity index (χ1) is 7.90. The molecule has 0 radical (unpaired) electrons. The van der Waals surface area contributed by atoms with Crippen LogP contribution in [-0.4, -0.2) is 24.7 Å². The standard InChI is InChI=1S/C12H15F4N/c1-17(7-6-12(14,15)16)9-11-4-2-10(8-13)3-5-11/h2-5H,6-9H2,1H3. The second-order valence-electron chi connectivity index (χ2n) is 4.05. The Balaban J connectivity index is 2.42. The van der Waals surface area contributed by atoms with E-state index in [2.05, 4.69) is 0 Å². The molecular formula is C12H15F4N. The molecule has 0 aliphatic heterocycles. The van der Waals surface area contributed by atoms with Crippen molar-refractivity contribution >= 4 is 0 Å². The van der Waals surface area contributed by atoms with E-state index < -0.39 is 19.3 Å². The first-order valence-electron chi connectivity index (χ1n) is 5.30. The highest BCUT2D eigenvalue weighted by molar-refractivity contribution is 5.21. The molecule has 0 amide bonds. The average molecular weight is 249 g/mol. The van der Waals surface area contributed by atoms with Gasteiger partial charge in [0.2, 0.25) is 0 Å². The molecular weight excluding hydrogens is 234 g/mol. The van der Waals surface area contributed by atoms with E-state index in [9.17, 15) is 17.6 Å². The highest BCUT2D eigenvalue weighted by Gasteiger charge is 2.26. The minimum absolute atomic E-state index is 0.0334. The Bertz CT molecular complexity index is 331. The van der Waals surface area contributed by atoms with Crippen LogP contribution < -0.4 is 0 Å². The molecule has 0 atom stereocenters. The first-order valence-corrected chi connectivity index (χ1v) is 5.30. The molecule has 1 aromatic carbocycles. The van der Waals surface area contributed by atoms with E-state index in [-0.39, 0.29) is 6.54 Å². The fourth-order valence-corrected chi connectivity index (χ4v) is 1.44. The molecule has 0 unspecified atom stereocenters. The van der Waals surface area contributed by atoms with Crippen molar-refractivity contribution < 1.29 is 17.6 Å². The Hall–Kier alpha value is -1.10. The summed E-state index contributed by atoms with van der Waals surface area (Å²) >= 11 is 0. The van der Waals surface area contributed by atoms with Crippen LogP contribution in [0, 0.1) is 0 Å². The lowest BCUT2D eigenvalue weighted by atomic mass is 10.1. The summed E-state index contributed by atoms with van der Waals surface area (Å²) in [4.78, 5) is 1.60. The van der Waals surface area contributed by atoms with Gasteiger partial charge in [0.05, 0.1) is 6.42 Å². The molecule has 0 aliphatic carbocycles. The topological polar surface area (TPSA) is 3.24 Å². The zero-order chi connectivity index (χ0) is 12.9. The van der Waals surface area contributed by atoms with E-state index in [0.717, 1.165) is 5.56 Å². The van der Waals surface area contributed by atoms with Gasteiger partial charge in [-0.25, -0.2) is 4.39 Å². The van der Waals surface area contributed by atoms with E-state index in [4.69, 9.17) is 0 Å². The Morgan fingerprint density at radius 3 is 2.06 bits per heavy atom. The summed E-state index contributed by atoms with van der Waals surface area (Å²) in [7, 11) is 1.63. The summed E-state index contributed by atoms with van der Waals surface area (Å²) in [6.07, 6.45) is -4.93. The summed E-state index contributed by atoms with van der Waals surface area (Å²) in [6, 6.07) is 6.76. The number of rotatable bonds is 5. The third kappa shape index (κ3) is 5.68. The van der Waals surface area contributed by atoms with Gasteiger partial charge < -0.3 is 4.90 Å². The molecule has 0 spiro atoms. The molecule has 1 rings (SSSR count). The molecule has 0 aliphatic rings. The van der Waals surface area contributed by atoms with Gasteiger partial charge in [-0.2, -0.15) is 13.2 Å². The van der Waals surface area contributed by atoms with Crippen molar-refractivity contribution in [2.24, 2.45) is 0 Å². The zero-order valence-electron chi connectivity index (χ0n) is 9.60. The number of nitrogens with zero attached hydrogens (tertiary/aromatic N) is 1. The highest BCUT2D eigenvalue weighted by Crippen LogP contribution is 2.19. The Labute approximate surface area is 98.0 Å². The number of benzene rings is 1. The smallest absolute Gasteiger partial charge is 0.302 e. The Kier molecular flexibility index (Phi) is 4.93. The number of hydrogen-bond acceptors (Lipinski definition) is 1. The van der Waals surface area contributed by atoms with Gasteiger partial charge in [0, 0.05) is 13.1 Å². The lowest BCUT2D eigenvalue weighted by Crippen LogP contribution is -2.24. The van der Waals surface area contributed by atoms with Crippen molar-refractivity contribution in [1.82, 2.24) is 4.90 Å². The Morgan fingerprint density at radius 2 is 1.59 bits per heavy atom. The lowest BCUT2D eigenvalue weighted by molar-refractivity contribution is -0.137. The van der Waals surface area contributed by atoms with Crippen molar-refractivity contribution in [2.75, 3.05) is 13.6 Å². The van der Waals surface area contributed by atoms with Crippen LogP contribution in [0.5, 0.6) is 0 Å². The van der Waals surface area contributed by atoms with E-state index in [1.807, 2.05) is 0 Å². The molecule has 0 bridgehead atoms. The predicted octanol–water partition coefficient (Wildman–Crippen LogP) is 3.54. The van der Waals surface area contributed by atoms with Gasteiger partial charge >= 0.3 is 6.18 Å². The third-order valence-electron chi connectivity index (χ3n) is 2.41. The molecule has 0 saturated carbocycles. The van der Waals surface area contributed by atoms with Crippen LogP contribution in [0.2, 0.25) is 0 Å². The number of hydrogen-bond donors (Lipinski definition) is 0. The summed E-state index contributed by atoms with van der Waals surface area (Å²) in [5.41, 5.74) is 1.46. The number of alkyl halides is 4. The Morgan fingerprint density at radius 1 is 1.06 bits per heavy atom. The molecule has 1 nitrogen and oxygen atoms in total. The summed E-state index contributed by atoms with van der Waals surface area (Å²) < 4.78 is 48.2. The maximum absolute atomic E-state index is 12.2. The lowest BCUT2D eigenvalue weighted by Gasteiger charge is -2.17. The second-order valence-corrected chi connectivity index (χ2v) is 4.05. The minimum Gasteiger partial charge on any atom is -0.302 e. The molecule has 1 aromatic rings. The van der Waals surface area contributed by atoms with E-state index in [1.165, 1.54) is 0 Å². The van der Waals surface area contributed by atoms with Crippen LogP contribution in [0.3, 0.4) is 0 Å². The maximum atomic E-state index is 12.2. The molecule has 96 valence electrons. The van der Waals surface area contributed by atoms with Crippen molar-refractivity contribution in [3.8, 4) is 0 Å². The quantitative estimate of drug-likeness (QED) is 0.721. The summed E-state index contributed by atoms with van der Waals surface area (Å²) in [5, 5.41) is 0. The van der Waals surface area contributed by atoms with E-state index >= 15 is 0 Å². The van der Waals surface area contributed by atoms with Gasteiger partial charge in [-0.15, -0.1) is 0 Å². The number of halogens is 4. The van der Waals surface area contributed by atoms with Gasteiger partial charge in [-0.3, -0.25) is 0 Å². The molecule has 0 fully saturated rings. The van der Waals surface area contributed by atoms with Gasteiger partial charge in [-0.1, -0.05) is 24.3 Å². The van der Waals surface area contributed by atoms with Gasteiger partial charge in [0.15, 0.2) is 0 Å². The van der Waals surface area contributed by atoms with Crippen LogP contribution in [0.4, 0.5) is 17.6 Å². The van der Waals surface area contributed by atoms with Crippen LogP contribution in [0.1, 0.15) is 17.5 Å². The van der Waals surface area contributed by atoms with Crippen LogP contribution >= 0.6 is 0 Å². The summed E-state index contributed by atoms with van der Waals surface area (Å²) in [6.45, 7) is -0.124. The largest absolute Gasteiger partial charge is 0.390 e. The molecule has 0 aromatic heterocycles. The first kappa shape index (κ1) is 14.0. The van der Waals surface area contributed by atoms with Crippen LogP contribution in [-0.2, 0) is 13.2 Å². The SMILES string of the molecule is CN(CCC(F)(F)F)Cc1ccc(CF)cc1. The van der Waals surface area contributed by atoms with Crippen LogP contribution in [0.25, 0.3) is 0 Å². The normalized spacial score (nSPS) is 12.1.